The molecule has 2 rings (SSSR count). The number of carbonyl (C=O) groups is 1. The van der Waals surface area contributed by atoms with Gasteiger partial charge in [-0.05, 0) is 23.8 Å². The van der Waals surface area contributed by atoms with Gasteiger partial charge < -0.3 is 20.1 Å². The highest BCUT2D eigenvalue weighted by Crippen LogP contribution is 2.25. The number of nitrogens with one attached hydrogen (secondary N) is 2. The summed E-state index contributed by atoms with van der Waals surface area (Å²) in [7, 11) is 1.57. The molecule has 1 aromatic carbocycles. The first-order valence-corrected chi connectivity index (χ1v) is 6.46. The molecule has 0 aliphatic carbocycles. The second-order valence-corrected chi connectivity index (χ2v) is 4.16. The first-order chi connectivity index (χ1) is 10.3. The summed E-state index contributed by atoms with van der Waals surface area (Å²) in [6.45, 7) is 0.466. The van der Waals surface area contributed by atoms with Crippen molar-refractivity contribution < 1.29 is 14.3 Å². The zero-order valence-corrected chi connectivity index (χ0v) is 11.7. The third kappa shape index (κ3) is 4.68. The van der Waals surface area contributed by atoms with Gasteiger partial charge in [0.1, 0.15) is 0 Å². The van der Waals surface area contributed by atoms with Gasteiger partial charge in [0.2, 0.25) is 0 Å². The normalized spacial score (nSPS) is 9.76. The van der Waals surface area contributed by atoms with Crippen LogP contribution in [-0.2, 0) is 6.54 Å². The number of aromatic nitrogens is 1. The first-order valence-electron chi connectivity index (χ1n) is 6.46. The highest BCUT2D eigenvalue weighted by Gasteiger charge is 2.04. The molecule has 0 atom stereocenters. The van der Waals surface area contributed by atoms with E-state index in [1.54, 1.807) is 31.6 Å². The lowest BCUT2D eigenvalue weighted by Crippen LogP contribution is -2.37. The summed E-state index contributed by atoms with van der Waals surface area (Å²) in [5, 5.41) is 5.32. The molecule has 21 heavy (non-hydrogen) atoms. The number of pyridine rings is 1. The van der Waals surface area contributed by atoms with Gasteiger partial charge in [-0.1, -0.05) is 18.2 Å². The number of carbonyl (C=O) groups excluding carboxylic acids is 1. The number of para-hydroxylation sites is 2. The molecule has 6 heteroatoms. The van der Waals surface area contributed by atoms with Crippen LogP contribution in [0.25, 0.3) is 0 Å². The van der Waals surface area contributed by atoms with Crippen LogP contribution in [0.1, 0.15) is 5.56 Å². The van der Waals surface area contributed by atoms with Gasteiger partial charge in [-0.2, -0.15) is 0 Å². The summed E-state index contributed by atoms with van der Waals surface area (Å²) >= 11 is 0. The number of nitrogens with zero attached hydrogens (tertiary/aromatic N) is 1. The van der Waals surface area contributed by atoms with Crippen LogP contribution in [0.4, 0.5) is 4.79 Å². The minimum Gasteiger partial charge on any atom is -0.493 e. The Bertz CT molecular complexity index is 575. The van der Waals surface area contributed by atoms with E-state index in [0.717, 1.165) is 5.56 Å². The fourth-order valence-electron chi connectivity index (χ4n) is 1.66. The number of methoxy groups -OCH3 is 1. The molecular weight excluding hydrogens is 270 g/mol. The Morgan fingerprint density at radius 1 is 1.14 bits per heavy atom. The topological polar surface area (TPSA) is 72.5 Å². The number of rotatable bonds is 6. The molecule has 1 aromatic heterocycles. The molecule has 0 unspecified atom stereocenters. The molecular formula is C15H17N3O3. The number of hydrogen-bond acceptors (Lipinski definition) is 4. The van der Waals surface area contributed by atoms with Gasteiger partial charge >= 0.3 is 6.03 Å². The Kier molecular flexibility index (Phi) is 5.40. The van der Waals surface area contributed by atoms with Crippen LogP contribution in [0.3, 0.4) is 0 Å². The second-order valence-electron chi connectivity index (χ2n) is 4.16. The molecule has 0 spiro atoms. The van der Waals surface area contributed by atoms with Crippen LogP contribution < -0.4 is 20.1 Å². The fraction of sp³-hybridized carbons (Fsp3) is 0.200. The summed E-state index contributed by atoms with van der Waals surface area (Å²) < 4.78 is 10.6. The molecule has 110 valence electrons. The fourth-order valence-corrected chi connectivity index (χ4v) is 1.66. The van der Waals surface area contributed by atoms with Gasteiger partial charge in [0, 0.05) is 18.9 Å². The molecule has 0 fully saturated rings. The third-order valence-electron chi connectivity index (χ3n) is 2.71. The zero-order chi connectivity index (χ0) is 14.9. The summed E-state index contributed by atoms with van der Waals surface area (Å²) in [6, 6.07) is 10.6. The van der Waals surface area contributed by atoms with E-state index in [9.17, 15) is 4.79 Å². The average molecular weight is 287 g/mol. The monoisotopic (exact) mass is 287 g/mol. The van der Waals surface area contributed by atoms with E-state index in [-0.39, 0.29) is 12.8 Å². The molecule has 2 amide bonds. The molecule has 2 N–H and O–H groups in total. The Balaban J connectivity index is 1.72. The highest BCUT2D eigenvalue weighted by molar-refractivity contribution is 5.73. The van der Waals surface area contributed by atoms with Gasteiger partial charge in [-0.25, -0.2) is 4.79 Å². The van der Waals surface area contributed by atoms with Crippen LogP contribution in [0.15, 0.2) is 48.8 Å². The van der Waals surface area contributed by atoms with Crippen molar-refractivity contribution in [1.29, 1.82) is 0 Å². The van der Waals surface area contributed by atoms with Crippen molar-refractivity contribution in [1.82, 2.24) is 15.6 Å². The maximum absolute atomic E-state index is 11.6. The van der Waals surface area contributed by atoms with Crippen molar-refractivity contribution in [3.05, 3.63) is 54.4 Å². The van der Waals surface area contributed by atoms with Gasteiger partial charge in [-0.15, -0.1) is 0 Å². The van der Waals surface area contributed by atoms with E-state index < -0.39 is 0 Å². The Hall–Kier alpha value is -2.76. The van der Waals surface area contributed by atoms with Crippen molar-refractivity contribution in [3.8, 4) is 11.5 Å². The Morgan fingerprint density at radius 2 is 1.95 bits per heavy atom. The van der Waals surface area contributed by atoms with Crippen LogP contribution in [-0.4, -0.2) is 24.9 Å². The van der Waals surface area contributed by atoms with Crippen LogP contribution in [0.5, 0.6) is 11.5 Å². The van der Waals surface area contributed by atoms with Crippen molar-refractivity contribution in [2.24, 2.45) is 0 Å². The molecule has 6 nitrogen and oxygen atoms in total. The molecule has 0 aliphatic rings. The minimum atomic E-state index is -0.311. The summed E-state index contributed by atoms with van der Waals surface area (Å²) in [5.41, 5.74) is 0.929. The molecule has 0 saturated carbocycles. The van der Waals surface area contributed by atoms with E-state index in [2.05, 4.69) is 15.6 Å². The van der Waals surface area contributed by atoms with Gasteiger partial charge in [0.15, 0.2) is 18.2 Å². The summed E-state index contributed by atoms with van der Waals surface area (Å²) in [5.74, 6) is 1.20. The van der Waals surface area contributed by atoms with E-state index in [1.165, 1.54) is 0 Å². The lowest BCUT2D eigenvalue weighted by Gasteiger charge is -2.11. The first kappa shape index (κ1) is 14.6. The summed E-state index contributed by atoms with van der Waals surface area (Å²) in [4.78, 5) is 15.6. The Labute approximate surface area is 123 Å². The highest BCUT2D eigenvalue weighted by atomic mass is 16.5. The minimum absolute atomic E-state index is 0.0548. The van der Waals surface area contributed by atoms with Crippen molar-refractivity contribution in [3.63, 3.8) is 0 Å². The van der Waals surface area contributed by atoms with Crippen molar-refractivity contribution in [2.45, 2.75) is 6.54 Å². The maximum atomic E-state index is 11.6. The van der Waals surface area contributed by atoms with E-state index in [4.69, 9.17) is 9.47 Å². The van der Waals surface area contributed by atoms with Crippen LogP contribution >= 0.6 is 0 Å². The summed E-state index contributed by atoms with van der Waals surface area (Å²) in [6.07, 6.45) is 3.39. The standard InChI is InChI=1S/C15H17N3O3/c1-20-13-6-2-3-7-14(13)21-11-18-15(19)17-10-12-5-4-8-16-9-12/h2-9H,10-11H2,1H3,(H2,17,18,19). The predicted molar refractivity (Wildman–Crippen MR) is 78.1 cm³/mol. The van der Waals surface area contributed by atoms with Gasteiger partial charge in [-0.3, -0.25) is 4.98 Å². The number of amides is 2. The van der Waals surface area contributed by atoms with E-state index >= 15 is 0 Å². The molecule has 0 radical (unpaired) electrons. The van der Waals surface area contributed by atoms with E-state index in [0.29, 0.717) is 18.0 Å². The van der Waals surface area contributed by atoms with Crippen molar-refractivity contribution >= 4 is 6.03 Å². The van der Waals surface area contributed by atoms with Crippen molar-refractivity contribution in [2.75, 3.05) is 13.8 Å². The Morgan fingerprint density at radius 3 is 2.67 bits per heavy atom. The number of ether oxygens (including phenoxy) is 2. The SMILES string of the molecule is COc1ccccc1OCNC(=O)NCc1cccnc1. The van der Waals surface area contributed by atoms with Gasteiger partial charge in [0.25, 0.3) is 0 Å². The van der Waals surface area contributed by atoms with Crippen LogP contribution in [0, 0.1) is 0 Å². The predicted octanol–water partition coefficient (Wildman–Crippen LogP) is 1.93. The second kappa shape index (κ2) is 7.74. The van der Waals surface area contributed by atoms with Gasteiger partial charge in [0.05, 0.1) is 7.11 Å². The smallest absolute Gasteiger partial charge is 0.317 e. The largest absolute Gasteiger partial charge is 0.493 e. The zero-order valence-electron chi connectivity index (χ0n) is 11.7. The van der Waals surface area contributed by atoms with Crippen LogP contribution in [0.2, 0.25) is 0 Å². The lowest BCUT2D eigenvalue weighted by molar-refractivity contribution is 0.221. The molecule has 2 aromatic rings. The molecule has 0 bridgehead atoms. The maximum Gasteiger partial charge on any atom is 0.317 e. The lowest BCUT2D eigenvalue weighted by atomic mass is 10.3. The number of hydrogen-bond donors (Lipinski definition) is 2. The third-order valence-corrected chi connectivity index (χ3v) is 2.71. The molecule has 0 aliphatic heterocycles. The molecule has 0 saturated heterocycles. The average Bonchev–Trinajstić information content (AvgIpc) is 2.54. The van der Waals surface area contributed by atoms with E-state index in [1.807, 2.05) is 24.3 Å². The number of urea groups is 1. The quantitative estimate of drug-likeness (QED) is 0.796. The molecule has 1 heterocycles. The number of benzene rings is 1.